The maximum absolute atomic E-state index is 11.8. The van der Waals surface area contributed by atoms with Gasteiger partial charge in [0.05, 0.1) is 12.3 Å². The van der Waals surface area contributed by atoms with Gasteiger partial charge >= 0.3 is 0 Å². The number of nitrogens with zero attached hydrogens (tertiary/aromatic N) is 1. The molecule has 0 spiro atoms. The van der Waals surface area contributed by atoms with Crippen molar-refractivity contribution in [3.05, 3.63) is 52.6 Å². The molecule has 2 aromatic heterocycles. The number of hydrogen-bond acceptors (Lipinski definition) is 4. The van der Waals surface area contributed by atoms with Crippen LogP contribution in [0.1, 0.15) is 17.4 Å². The quantitative estimate of drug-likeness (QED) is 0.832. The van der Waals surface area contributed by atoms with Crippen molar-refractivity contribution in [1.29, 1.82) is 0 Å². The van der Waals surface area contributed by atoms with Gasteiger partial charge in [0.25, 0.3) is 0 Å². The van der Waals surface area contributed by atoms with Crippen LogP contribution < -0.4 is 5.32 Å². The lowest BCUT2D eigenvalue weighted by molar-refractivity contribution is -0.116. The van der Waals surface area contributed by atoms with Crippen molar-refractivity contribution >= 4 is 23.3 Å². The highest BCUT2D eigenvalue weighted by Crippen LogP contribution is 2.19. The Hall–Kier alpha value is -1.85. The third-order valence-corrected chi connectivity index (χ3v) is 3.66. The van der Waals surface area contributed by atoms with Gasteiger partial charge in [0.2, 0.25) is 5.91 Å². The van der Waals surface area contributed by atoms with E-state index in [-0.39, 0.29) is 11.9 Å². The minimum absolute atomic E-state index is 0.122. The number of thiophene rings is 1. The van der Waals surface area contributed by atoms with Gasteiger partial charge in [-0.3, -0.25) is 4.79 Å². The van der Waals surface area contributed by atoms with Crippen LogP contribution in [0.5, 0.6) is 0 Å². The number of carbonyl (C=O) groups is 1. The smallest absolute Gasteiger partial charge is 0.244 e. The van der Waals surface area contributed by atoms with Gasteiger partial charge in [-0.05, 0) is 54.7 Å². The van der Waals surface area contributed by atoms with Crippen molar-refractivity contribution in [1.82, 2.24) is 10.2 Å². The first-order valence-corrected chi connectivity index (χ1v) is 7.29. The molecule has 0 saturated carbocycles. The molecule has 1 atom stereocenters. The molecule has 0 aromatic carbocycles. The average molecular weight is 290 g/mol. The number of carbonyl (C=O) groups excluding carboxylic acids is 1. The number of amides is 1. The zero-order chi connectivity index (χ0) is 14.4. The Morgan fingerprint density at radius 1 is 1.50 bits per heavy atom. The Morgan fingerprint density at radius 2 is 2.35 bits per heavy atom. The maximum Gasteiger partial charge on any atom is 0.244 e. The molecule has 2 heterocycles. The summed E-state index contributed by atoms with van der Waals surface area (Å²) < 4.78 is 5.13. The SMILES string of the molecule is CN(C)C(CNC(=O)/C=C/c1ccco1)c1ccsc1. The van der Waals surface area contributed by atoms with E-state index in [4.69, 9.17) is 4.42 Å². The van der Waals surface area contributed by atoms with Gasteiger partial charge in [-0.1, -0.05) is 0 Å². The number of likely N-dealkylation sites (N-methyl/N-ethyl adjacent to an activating group) is 1. The lowest BCUT2D eigenvalue weighted by atomic mass is 10.1. The summed E-state index contributed by atoms with van der Waals surface area (Å²) in [5.41, 5.74) is 1.22. The second-order valence-electron chi connectivity index (χ2n) is 4.63. The molecule has 0 radical (unpaired) electrons. The van der Waals surface area contributed by atoms with Gasteiger partial charge in [-0.25, -0.2) is 0 Å². The molecule has 0 saturated heterocycles. The monoisotopic (exact) mass is 290 g/mol. The summed E-state index contributed by atoms with van der Waals surface area (Å²) in [6.45, 7) is 0.574. The van der Waals surface area contributed by atoms with Crippen LogP contribution in [0.4, 0.5) is 0 Å². The van der Waals surface area contributed by atoms with Crippen molar-refractivity contribution in [3.63, 3.8) is 0 Å². The van der Waals surface area contributed by atoms with Crippen molar-refractivity contribution in [2.45, 2.75) is 6.04 Å². The molecular formula is C15H18N2O2S. The van der Waals surface area contributed by atoms with Gasteiger partial charge in [0, 0.05) is 12.6 Å². The Kier molecular flexibility index (Phi) is 5.15. The molecule has 0 aliphatic heterocycles. The van der Waals surface area contributed by atoms with E-state index < -0.39 is 0 Å². The standard InChI is InChI=1S/C15H18N2O2S/c1-17(2)14(12-7-9-20-11-12)10-16-15(18)6-5-13-4-3-8-19-13/h3-9,11,14H,10H2,1-2H3,(H,16,18)/b6-5+. The van der Waals surface area contributed by atoms with Crippen molar-refractivity contribution in [3.8, 4) is 0 Å². The highest BCUT2D eigenvalue weighted by atomic mass is 32.1. The van der Waals surface area contributed by atoms with E-state index in [0.29, 0.717) is 12.3 Å². The number of hydrogen-bond donors (Lipinski definition) is 1. The summed E-state index contributed by atoms with van der Waals surface area (Å²) >= 11 is 1.66. The van der Waals surface area contributed by atoms with E-state index in [2.05, 4.69) is 21.7 Å². The molecule has 0 fully saturated rings. The van der Waals surface area contributed by atoms with Crippen LogP contribution in [0, 0.1) is 0 Å². The van der Waals surface area contributed by atoms with E-state index in [1.807, 2.05) is 19.5 Å². The number of furan rings is 1. The van der Waals surface area contributed by atoms with Gasteiger partial charge in [0.15, 0.2) is 0 Å². The maximum atomic E-state index is 11.8. The van der Waals surface area contributed by atoms with E-state index in [0.717, 1.165) is 0 Å². The predicted molar refractivity (Wildman–Crippen MR) is 81.5 cm³/mol. The fraction of sp³-hybridized carbons (Fsp3) is 0.267. The minimum Gasteiger partial charge on any atom is -0.465 e. The molecule has 1 unspecified atom stereocenters. The van der Waals surface area contributed by atoms with Crippen LogP contribution in [-0.4, -0.2) is 31.4 Å². The molecule has 5 heteroatoms. The number of rotatable bonds is 6. The Labute approximate surface area is 122 Å². The molecule has 20 heavy (non-hydrogen) atoms. The second kappa shape index (κ2) is 7.07. The normalized spacial score (nSPS) is 12.9. The molecule has 0 aliphatic carbocycles. The minimum atomic E-state index is -0.122. The van der Waals surface area contributed by atoms with Gasteiger partial charge in [-0.2, -0.15) is 11.3 Å². The van der Waals surface area contributed by atoms with Crippen LogP contribution >= 0.6 is 11.3 Å². The summed E-state index contributed by atoms with van der Waals surface area (Å²) in [5.74, 6) is 0.547. The Bertz CT molecular complexity index is 544. The largest absolute Gasteiger partial charge is 0.465 e. The lowest BCUT2D eigenvalue weighted by Crippen LogP contribution is -2.33. The summed E-state index contributed by atoms with van der Waals surface area (Å²) in [4.78, 5) is 13.9. The van der Waals surface area contributed by atoms with Crippen LogP contribution in [0.3, 0.4) is 0 Å². The van der Waals surface area contributed by atoms with Crippen LogP contribution in [-0.2, 0) is 4.79 Å². The summed E-state index contributed by atoms with van der Waals surface area (Å²) in [7, 11) is 4.01. The number of nitrogens with one attached hydrogen (secondary N) is 1. The average Bonchev–Trinajstić information content (AvgIpc) is 3.09. The van der Waals surface area contributed by atoms with Crippen molar-refractivity contribution in [2.24, 2.45) is 0 Å². The van der Waals surface area contributed by atoms with Crippen molar-refractivity contribution < 1.29 is 9.21 Å². The van der Waals surface area contributed by atoms with Crippen LogP contribution in [0.15, 0.2) is 45.7 Å². The van der Waals surface area contributed by atoms with E-state index in [1.54, 1.807) is 35.8 Å². The fourth-order valence-electron chi connectivity index (χ4n) is 1.86. The summed E-state index contributed by atoms with van der Waals surface area (Å²) in [5, 5.41) is 7.06. The van der Waals surface area contributed by atoms with E-state index in [9.17, 15) is 4.79 Å². The first-order valence-electron chi connectivity index (χ1n) is 6.35. The van der Waals surface area contributed by atoms with E-state index >= 15 is 0 Å². The molecular weight excluding hydrogens is 272 g/mol. The molecule has 1 amide bonds. The van der Waals surface area contributed by atoms with Gasteiger partial charge in [-0.15, -0.1) is 0 Å². The third-order valence-electron chi connectivity index (χ3n) is 2.96. The van der Waals surface area contributed by atoms with Gasteiger partial charge in [0.1, 0.15) is 5.76 Å². The van der Waals surface area contributed by atoms with Crippen molar-refractivity contribution in [2.75, 3.05) is 20.6 Å². The van der Waals surface area contributed by atoms with Gasteiger partial charge < -0.3 is 14.6 Å². The van der Waals surface area contributed by atoms with Crippen LogP contribution in [0.2, 0.25) is 0 Å². The molecule has 106 valence electrons. The predicted octanol–water partition coefficient (Wildman–Crippen LogP) is 2.77. The third kappa shape index (κ3) is 4.08. The summed E-state index contributed by atoms with van der Waals surface area (Å²) in [6.07, 6.45) is 4.72. The fourth-order valence-corrected chi connectivity index (χ4v) is 2.57. The molecule has 4 nitrogen and oxygen atoms in total. The first-order chi connectivity index (χ1) is 9.66. The molecule has 0 bridgehead atoms. The highest BCUT2D eigenvalue weighted by molar-refractivity contribution is 7.07. The second-order valence-corrected chi connectivity index (χ2v) is 5.41. The first kappa shape index (κ1) is 14.6. The molecule has 1 N–H and O–H groups in total. The Balaban J connectivity index is 1.88. The van der Waals surface area contributed by atoms with E-state index in [1.165, 1.54) is 11.6 Å². The summed E-state index contributed by atoms with van der Waals surface area (Å²) in [6, 6.07) is 5.86. The van der Waals surface area contributed by atoms with Crippen LogP contribution in [0.25, 0.3) is 6.08 Å². The Morgan fingerprint density at radius 3 is 2.95 bits per heavy atom. The zero-order valence-corrected chi connectivity index (χ0v) is 12.4. The molecule has 2 rings (SSSR count). The molecule has 0 aliphatic rings. The topological polar surface area (TPSA) is 45.5 Å². The highest BCUT2D eigenvalue weighted by Gasteiger charge is 2.14. The lowest BCUT2D eigenvalue weighted by Gasteiger charge is -2.23. The zero-order valence-electron chi connectivity index (χ0n) is 11.6. The molecule has 2 aromatic rings.